The van der Waals surface area contributed by atoms with Crippen molar-refractivity contribution in [1.29, 1.82) is 0 Å². The van der Waals surface area contributed by atoms with Crippen LogP contribution < -0.4 is 9.47 Å². The van der Waals surface area contributed by atoms with Gasteiger partial charge < -0.3 is 9.47 Å². The van der Waals surface area contributed by atoms with Crippen molar-refractivity contribution in [2.45, 2.75) is 56.4 Å². The summed E-state index contributed by atoms with van der Waals surface area (Å²) in [5, 5.41) is 4.84. The van der Waals surface area contributed by atoms with Crippen molar-refractivity contribution >= 4 is 21.4 Å². The lowest BCUT2D eigenvalue weighted by Gasteiger charge is -2.33. The monoisotopic (exact) mass is 679 g/mol. The number of hydrogen-bond donors (Lipinski definition) is 1. The Balaban J connectivity index is 1.19. The van der Waals surface area contributed by atoms with Crippen LogP contribution in [0.3, 0.4) is 0 Å². The number of benzene rings is 2. The summed E-state index contributed by atoms with van der Waals surface area (Å²) in [4.78, 5) is 10.2. The molecule has 1 saturated heterocycles. The Hall–Kier alpha value is -3.75. The second-order valence-electron chi connectivity index (χ2n) is 11.7. The lowest BCUT2D eigenvalue weighted by atomic mass is 9.88. The first-order chi connectivity index (χ1) is 21.6. The number of aromatic nitrogens is 4. The van der Waals surface area contributed by atoms with E-state index in [0.29, 0.717) is 42.4 Å². The summed E-state index contributed by atoms with van der Waals surface area (Å²) in [6.07, 6.45) is -0.753. The SMILES string of the molecule is C[C@H](c1cc(-c2n[nH]c(C(F)(F)F)n2)cnc1CN1CCC(c2cccc3c2O[C@](C)(c2ccc(Cl)cc2F)O3)CC1)S(C)(=O)=O. The molecule has 4 aromatic rings. The molecule has 0 spiro atoms. The summed E-state index contributed by atoms with van der Waals surface area (Å²) in [7, 11) is -3.56. The molecule has 1 fully saturated rings. The first-order valence-electron chi connectivity index (χ1n) is 14.5. The number of piperidine rings is 1. The van der Waals surface area contributed by atoms with Crippen molar-refractivity contribution in [2.24, 2.45) is 0 Å². The van der Waals surface area contributed by atoms with Gasteiger partial charge in [0.05, 0.1) is 16.5 Å². The summed E-state index contributed by atoms with van der Waals surface area (Å²) in [6, 6.07) is 11.5. The first-order valence-corrected chi connectivity index (χ1v) is 16.8. The van der Waals surface area contributed by atoms with Gasteiger partial charge in [0.2, 0.25) is 5.82 Å². The topological polar surface area (TPSA) is 110 Å². The molecule has 1 N–H and O–H groups in total. The molecule has 244 valence electrons. The smallest absolute Gasteiger partial charge is 0.444 e. The van der Waals surface area contributed by atoms with E-state index in [1.165, 1.54) is 25.3 Å². The zero-order valence-corrected chi connectivity index (χ0v) is 26.6. The van der Waals surface area contributed by atoms with Crippen LogP contribution in [0.5, 0.6) is 11.5 Å². The third-order valence-electron chi connectivity index (χ3n) is 8.53. The van der Waals surface area contributed by atoms with Crippen molar-refractivity contribution in [2.75, 3.05) is 19.3 Å². The van der Waals surface area contributed by atoms with Gasteiger partial charge in [0.25, 0.3) is 5.79 Å². The van der Waals surface area contributed by atoms with E-state index in [9.17, 15) is 26.0 Å². The maximum atomic E-state index is 14.8. The minimum Gasteiger partial charge on any atom is -0.444 e. The molecule has 9 nitrogen and oxygen atoms in total. The molecule has 0 radical (unpaired) electrons. The fraction of sp³-hybridized carbons (Fsp3) is 0.387. The lowest BCUT2D eigenvalue weighted by molar-refractivity contribution is -0.144. The Bertz CT molecular complexity index is 1900. The fourth-order valence-electron chi connectivity index (χ4n) is 5.92. The molecule has 2 atom stereocenters. The third-order valence-corrected chi connectivity index (χ3v) is 10.3. The van der Waals surface area contributed by atoms with Crippen LogP contribution in [-0.2, 0) is 28.3 Å². The minimum absolute atomic E-state index is 0.116. The average molecular weight is 680 g/mol. The number of ether oxygens (including phenoxy) is 2. The largest absolute Gasteiger partial charge is 0.451 e. The molecule has 0 aliphatic carbocycles. The van der Waals surface area contributed by atoms with E-state index < -0.39 is 38.7 Å². The van der Waals surface area contributed by atoms with Crippen LogP contribution in [0.25, 0.3) is 11.4 Å². The van der Waals surface area contributed by atoms with Gasteiger partial charge in [-0.3, -0.25) is 15.0 Å². The number of fused-ring (bicyclic) bond motifs is 1. The quantitative estimate of drug-likeness (QED) is 0.212. The highest BCUT2D eigenvalue weighted by molar-refractivity contribution is 7.90. The molecule has 6 rings (SSSR count). The van der Waals surface area contributed by atoms with Gasteiger partial charge in [0.15, 0.2) is 27.2 Å². The van der Waals surface area contributed by atoms with Crippen LogP contribution in [0.4, 0.5) is 17.6 Å². The highest BCUT2D eigenvalue weighted by atomic mass is 35.5. The summed E-state index contributed by atoms with van der Waals surface area (Å²) < 4.78 is 91.5. The number of hydrogen-bond acceptors (Lipinski definition) is 8. The second kappa shape index (κ2) is 11.8. The summed E-state index contributed by atoms with van der Waals surface area (Å²) in [5.74, 6) is -2.17. The summed E-state index contributed by atoms with van der Waals surface area (Å²) >= 11 is 5.94. The number of H-pyrrole nitrogens is 1. The van der Waals surface area contributed by atoms with Crippen molar-refractivity contribution < 1.29 is 35.5 Å². The van der Waals surface area contributed by atoms with Gasteiger partial charge in [-0.1, -0.05) is 23.7 Å². The van der Waals surface area contributed by atoms with Crippen molar-refractivity contribution in [3.8, 4) is 22.9 Å². The number of sulfone groups is 1. The molecular formula is C31H30ClF4N5O4S. The van der Waals surface area contributed by atoms with E-state index in [0.717, 1.165) is 24.7 Å². The van der Waals surface area contributed by atoms with Crippen molar-refractivity contribution in [1.82, 2.24) is 25.1 Å². The normalized spacial score (nSPS) is 19.8. The van der Waals surface area contributed by atoms with Gasteiger partial charge in [0, 0.05) is 42.1 Å². The Labute approximate surface area is 267 Å². The highest BCUT2D eigenvalue weighted by Gasteiger charge is 2.43. The number of likely N-dealkylation sites (tertiary alicyclic amines) is 1. The molecule has 0 bridgehead atoms. The van der Waals surface area contributed by atoms with Crippen LogP contribution in [0, 0.1) is 5.82 Å². The highest BCUT2D eigenvalue weighted by Crippen LogP contribution is 2.50. The predicted molar refractivity (Wildman–Crippen MR) is 162 cm³/mol. The molecule has 0 unspecified atom stereocenters. The second-order valence-corrected chi connectivity index (χ2v) is 14.5. The lowest BCUT2D eigenvalue weighted by Crippen LogP contribution is -2.34. The van der Waals surface area contributed by atoms with Crippen molar-refractivity contribution in [3.63, 3.8) is 0 Å². The number of alkyl halides is 3. The van der Waals surface area contributed by atoms with E-state index in [4.69, 9.17) is 21.1 Å². The van der Waals surface area contributed by atoms with Gasteiger partial charge in [-0.05, 0) is 74.7 Å². The van der Waals surface area contributed by atoms with Crippen LogP contribution >= 0.6 is 11.6 Å². The molecule has 0 saturated carbocycles. The van der Waals surface area contributed by atoms with Gasteiger partial charge in [-0.2, -0.15) is 18.3 Å². The van der Waals surface area contributed by atoms with E-state index in [1.54, 1.807) is 25.1 Å². The molecule has 15 heteroatoms. The number of nitrogens with one attached hydrogen (secondary N) is 1. The molecule has 0 amide bonds. The molecule has 4 heterocycles. The first kappa shape index (κ1) is 32.2. The van der Waals surface area contributed by atoms with E-state index in [1.807, 2.05) is 17.2 Å². The Morgan fingerprint density at radius 1 is 1.15 bits per heavy atom. The Morgan fingerprint density at radius 3 is 2.54 bits per heavy atom. The summed E-state index contributed by atoms with van der Waals surface area (Å²) in [6.45, 7) is 4.84. The van der Waals surface area contributed by atoms with Gasteiger partial charge in [-0.15, -0.1) is 0 Å². The summed E-state index contributed by atoms with van der Waals surface area (Å²) in [5.41, 5.74) is 2.24. The van der Waals surface area contributed by atoms with Gasteiger partial charge in [-0.25, -0.2) is 17.8 Å². The number of aromatic amines is 1. The third kappa shape index (κ3) is 6.29. The number of pyridine rings is 1. The molecule has 2 aliphatic heterocycles. The molecular weight excluding hydrogens is 650 g/mol. The average Bonchev–Trinajstić information content (AvgIpc) is 3.62. The number of rotatable bonds is 7. The predicted octanol–water partition coefficient (Wildman–Crippen LogP) is 6.81. The van der Waals surface area contributed by atoms with Crippen molar-refractivity contribution in [3.05, 3.63) is 87.7 Å². The number of halogens is 5. The standard InChI is InChI=1S/C31H30ClF4N5O4S/c1-17(46(3,42)43)22-13-19(28-38-29(40-39-28)31(34,35)36)15-37-25(22)16-41-11-9-18(10-12-41)21-5-4-6-26-27(21)45-30(2,44-26)23-8-7-20(32)14-24(23)33/h4-8,13-15,17-18H,9-12,16H2,1-3H3,(H,38,39,40)/t17-,30-/m1/s1. The van der Waals surface area contributed by atoms with E-state index in [2.05, 4.69) is 20.0 Å². The minimum atomic E-state index is -4.71. The Morgan fingerprint density at radius 2 is 1.89 bits per heavy atom. The maximum absolute atomic E-state index is 14.8. The molecule has 2 aliphatic rings. The zero-order chi connectivity index (χ0) is 33.0. The molecule has 2 aromatic carbocycles. The molecule has 2 aromatic heterocycles. The number of para-hydroxylation sites is 1. The zero-order valence-electron chi connectivity index (χ0n) is 25.0. The van der Waals surface area contributed by atoms with Crippen LogP contribution in [0.2, 0.25) is 5.02 Å². The van der Waals surface area contributed by atoms with E-state index in [-0.39, 0.29) is 27.9 Å². The van der Waals surface area contributed by atoms with Gasteiger partial charge in [0.1, 0.15) is 5.82 Å². The molecule has 46 heavy (non-hydrogen) atoms. The maximum Gasteiger partial charge on any atom is 0.451 e. The Kier molecular flexibility index (Phi) is 8.26. The van der Waals surface area contributed by atoms with Crippen LogP contribution in [0.15, 0.2) is 48.7 Å². The number of nitrogens with zero attached hydrogens (tertiary/aromatic N) is 4. The van der Waals surface area contributed by atoms with E-state index >= 15 is 0 Å². The van der Waals surface area contributed by atoms with Crippen LogP contribution in [-0.4, -0.2) is 52.8 Å². The van der Waals surface area contributed by atoms with Crippen LogP contribution in [0.1, 0.15) is 66.1 Å². The fourth-order valence-corrected chi connectivity index (χ4v) is 6.74. The van der Waals surface area contributed by atoms with Gasteiger partial charge >= 0.3 is 6.18 Å².